The molecular weight excluding hydrogens is 210 g/mol. The Morgan fingerprint density at radius 1 is 1.12 bits per heavy atom. The van der Waals surface area contributed by atoms with Crippen molar-refractivity contribution in [3.63, 3.8) is 0 Å². The molecule has 1 N–H and O–H groups in total. The van der Waals surface area contributed by atoms with Crippen LogP contribution < -0.4 is 0 Å². The molecule has 1 rings (SSSR count). The average Bonchev–Trinajstić information content (AvgIpc) is 2.26. The maximum atomic E-state index is 9.43. The van der Waals surface area contributed by atoms with Crippen LogP contribution in [0.25, 0.3) is 0 Å². The molecule has 0 bridgehead atoms. The van der Waals surface area contributed by atoms with Gasteiger partial charge in [-0.3, -0.25) is 0 Å². The normalized spacial score (nSPS) is 27.5. The van der Waals surface area contributed by atoms with Gasteiger partial charge in [-0.05, 0) is 18.8 Å². The van der Waals surface area contributed by atoms with E-state index in [1.807, 2.05) is 0 Å². The number of nitrogens with zero attached hydrogens (tertiary/aromatic N) is 1. The van der Waals surface area contributed by atoms with E-state index in [0.29, 0.717) is 0 Å². The van der Waals surface area contributed by atoms with Crippen molar-refractivity contribution < 1.29 is 9.59 Å². The first-order valence-corrected chi connectivity index (χ1v) is 7.19. The molecule has 1 aliphatic rings. The van der Waals surface area contributed by atoms with Crippen LogP contribution in [0, 0.1) is 12.3 Å². The number of aliphatic hydroxyl groups excluding tert-OH is 1. The summed E-state index contributed by atoms with van der Waals surface area (Å²) in [6.07, 6.45) is 14.7. The minimum atomic E-state index is -0.104. The third-order valence-corrected chi connectivity index (χ3v) is 3.86. The zero-order chi connectivity index (χ0) is 12.6. The Morgan fingerprint density at radius 2 is 1.71 bits per heavy atom. The molecule has 0 atom stereocenters. The van der Waals surface area contributed by atoms with Crippen LogP contribution in [0.2, 0.25) is 0 Å². The number of hydrogen-bond acceptors (Lipinski definition) is 1. The van der Waals surface area contributed by atoms with Crippen molar-refractivity contribution in [1.82, 2.24) is 0 Å². The Kier molecular flexibility index (Phi) is 6.62. The van der Waals surface area contributed by atoms with Gasteiger partial charge in [-0.25, -0.2) is 0 Å². The Hall–Kier alpha value is -0.520. The van der Waals surface area contributed by atoms with E-state index >= 15 is 0 Å². The van der Waals surface area contributed by atoms with Gasteiger partial charge in [-0.1, -0.05) is 39.0 Å². The first-order chi connectivity index (χ1) is 8.22. The Morgan fingerprint density at radius 3 is 2.24 bits per heavy atom. The smallest absolute Gasteiger partial charge is 0.152 e. The number of unbranched alkanes of at least 4 members (excludes halogenated alkanes) is 6. The summed E-state index contributed by atoms with van der Waals surface area (Å²) in [6, 6.07) is 0. The second-order valence-electron chi connectivity index (χ2n) is 5.57. The summed E-state index contributed by atoms with van der Waals surface area (Å²) in [5, 5.41) is 9.43. The van der Waals surface area contributed by atoms with Crippen LogP contribution in [-0.2, 0) is 0 Å². The Bertz CT molecular complexity index is 238. The molecule has 0 saturated carbocycles. The van der Waals surface area contributed by atoms with Crippen LogP contribution in [0.3, 0.4) is 0 Å². The molecule has 0 spiro atoms. The zero-order valence-corrected chi connectivity index (χ0v) is 11.3. The minimum Gasteiger partial charge on any atom is -0.382 e. The molecule has 0 radical (unpaired) electrons. The fraction of sp³-hybridized carbons (Fsp3) is 0.867. The highest BCUT2D eigenvalue weighted by atomic mass is 16.3. The first-order valence-electron chi connectivity index (χ1n) is 7.19. The van der Waals surface area contributed by atoms with Crippen LogP contribution in [-0.4, -0.2) is 41.9 Å². The second-order valence-corrected chi connectivity index (χ2v) is 5.57. The number of terminal acetylenes is 1. The van der Waals surface area contributed by atoms with Crippen LogP contribution in [0.4, 0.5) is 0 Å². The van der Waals surface area contributed by atoms with Crippen molar-refractivity contribution in [3.8, 4) is 12.3 Å². The largest absolute Gasteiger partial charge is 0.382 e. The van der Waals surface area contributed by atoms with E-state index in [9.17, 15) is 5.11 Å². The van der Waals surface area contributed by atoms with Crippen molar-refractivity contribution in [2.75, 3.05) is 26.2 Å². The van der Waals surface area contributed by atoms with Gasteiger partial charge >= 0.3 is 0 Å². The fourth-order valence-corrected chi connectivity index (χ4v) is 2.83. The fourth-order valence-electron chi connectivity index (χ4n) is 2.83. The summed E-state index contributed by atoms with van der Waals surface area (Å²) in [6.45, 7) is 5.96. The SMILES string of the molecule is C#CC[N+]1(CCCCCCCCC)CC(O)C1. The minimum absolute atomic E-state index is 0.104. The van der Waals surface area contributed by atoms with Gasteiger partial charge in [0.2, 0.25) is 0 Å². The van der Waals surface area contributed by atoms with Crippen molar-refractivity contribution in [3.05, 3.63) is 0 Å². The van der Waals surface area contributed by atoms with Crippen molar-refractivity contribution in [2.24, 2.45) is 0 Å². The van der Waals surface area contributed by atoms with Gasteiger partial charge in [0.25, 0.3) is 0 Å². The highest BCUT2D eigenvalue weighted by Gasteiger charge is 2.41. The lowest BCUT2D eigenvalue weighted by molar-refractivity contribution is -0.966. The molecule has 0 aliphatic carbocycles. The molecule has 0 aromatic rings. The predicted molar refractivity (Wildman–Crippen MR) is 72.6 cm³/mol. The van der Waals surface area contributed by atoms with Gasteiger partial charge in [0.05, 0.1) is 6.54 Å². The van der Waals surface area contributed by atoms with E-state index in [-0.39, 0.29) is 6.10 Å². The highest BCUT2D eigenvalue weighted by Crippen LogP contribution is 2.21. The lowest BCUT2D eigenvalue weighted by Crippen LogP contribution is -2.66. The standard InChI is InChI=1S/C15H28NO/c1-3-5-6-7-8-9-10-12-16(11-4-2)13-15(17)14-16/h2,15,17H,3,5-14H2,1H3/q+1. The molecule has 2 heteroatoms. The topological polar surface area (TPSA) is 20.2 Å². The number of quaternary nitrogens is 1. The van der Waals surface area contributed by atoms with Gasteiger partial charge in [0, 0.05) is 0 Å². The summed E-state index contributed by atoms with van der Waals surface area (Å²) >= 11 is 0. The predicted octanol–water partition coefficient (Wildman–Crippen LogP) is 2.56. The lowest BCUT2D eigenvalue weighted by atomic mass is 10.0. The number of aliphatic hydroxyl groups is 1. The van der Waals surface area contributed by atoms with E-state index in [4.69, 9.17) is 6.42 Å². The van der Waals surface area contributed by atoms with Crippen molar-refractivity contribution in [2.45, 2.75) is 58.0 Å². The van der Waals surface area contributed by atoms with Gasteiger partial charge in [-0.2, -0.15) is 0 Å². The number of rotatable bonds is 9. The summed E-state index contributed by atoms with van der Waals surface area (Å²) in [5.74, 6) is 2.76. The quantitative estimate of drug-likeness (QED) is 0.372. The second kappa shape index (κ2) is 7.74. The molecular formula is C15H28NO+. The first kappa shape index (κ1) is 14.5. The van der Waals surface area contributed by atoms with Gasteiger partial charge in [0.15, 0.2) is 6.10 Å². The number of likely N-dealkylation sites (tertiary alicyclic amines) is 1. The van der Waals surface area contributed by atoms with E-state index < -0.39 is 0 Å². The highest BCUT2D eigenvalue weighted by molar-refractivity contribution is 4.86. The molecule has 1 aliphatic heterocycles. The van der Waals surface area contributed by atoms with Crippen LogP contribution in [0.5, 0.6) is 0 Å². The molecule has 98 valence electrons. The lowest BCUT2D eigenvalue weighted by Gasteiger charge is -2.47. The zero-order valence-electron chi connectivity index (χ0n) is 11.3. The third-order valence-electron chi connectivity index (χ3n) is 3.86. The molecule has 2 nitrogen and oxygen atoms in total. The molecule has 0 unspecified atom stereocenters. The van der Waals surface area contributed by atoms with E-state index in [1.54, 1.807) is 0 Å². The molecule has 1 saturated heterocycles. The van der Waals surface area contributed by atoms with Gasteiger partial charge in [-0.15, -0.1) is 6.42 Å². The molecule has 0 aromatic carbocycles. The third kappa shape index (κ3) is 5.10. The molecule has 17 heavy (non-hydrogen) atoms. The summed E-state index contributed by atoms with van der Waals surface area (Å²) < 4.78 is 0.965. The maximum Gasteiger partial charge on any atom is 0.152 e. The molecule has 0 amide bonds. The summed E-state index contributed by atoms with van der Waals surface area (Å²) in [7, 11) is 0. The van der Waals surface area contributed by atoms with Crippen molar-refractivity contribution >= 4 is 0 Å². The van der Waals surface area contributed by atoms with Crippen molar-refractivity contribution in [1.29, 1.82) is 0 Å². The number of hydrogen-bond donors (Lipinski definition) is 1. The summed E-state index contributed by atoms with van der Waals surface area (Å²) in [4.78, 5) is 0. The van der Waals surface area contributed by atoms with Gasteiger partial charge < -0.3 is 9.59 Å². The average molecular weight is 238 g/mol. The van der Waals surface area contributed by atoms with E-state index in [1.165, 1.54) is 44.9 Å². The molecule has 1 heterocycles. The van der Waals surface area contributed by atoms with E-state index in [2.05, 4.69) is 12.8 Å². The molecule has 0 aromatic heterocycles. The van der Waals surface area contributed by atoms with Gasteiger partial charge in [0.1, 0.15) is 19.6 Å². The Labute approximate surface area is 107 Å². The maximum absolute atomic E-state index is 9.43. The summed E-state index contributed by atoms with van der Waals surface area (Å²) in [5.41, 5.74) is 0. The van der Waals surface area contributed by atoms with E-state index in [0.717, 1.165) is 30.7 Å². The monoisotopic (exact) mass is 238 g/mol. The Balaban J connectivity index is 2.03. The van der Waals surface area contributed by atoms with Crippen LogP contribution in [0.15, 0.2) is 0 Å². The van der Waals surface area contributed by atoms with Crippen LogP contribution >= 0.6 is 0 Å². The molecule has 1 fully saturated rings. The van der Waals surface area contributed by atoms with Crippen LogP contribution in [0.1, 0.15) is 51.9 Å².